The van der Waals surface area contributed by atoms with E-state index < -0.39 is 5.60 Å². The zero-order valence-corrected chi connectivity index (χ0v) is 12.4. The van der Waals surface area contributed by atoms with E-state index >= 15 is 0 Å². The quantitative estimate of drug-likeness (QED) is 0.885. The normalized spacial score (nSPS) is 25.1. The minimum atomic E-state index is -1.20. The molecule has 1 aliphatic carbocycles. The summed E-state index contributed by atoms with van der Waals surface area (Å²) >= 11 is 0. The van der Waals surface area contributed by atoms with Gasteiger partial charge < -0.3 is 10.4 Å². The van der Waals surface area contributed by atoms with E-state index in [1.807, 2.05) is 18.2 Å². The molecule has 0 aliphatic heterocycles. The number of amides is 1. The highest BCUT2D eigenvalue weighted by Crippen LogP contribution is 2.40. The summed E-state index contributed by atoms with van der Waals surface area (Å²) in [5.74, 6) is -0.235. The van der Waals surface area contributed by atoms with E-state index in [-0.39, 0.29) is 11.3 Å². The minimum Gasteiger partial charge on any atom is -0.380 e. The molecule has 1 fully saturated rings. The summed E-state index contributed by atoms with van der Waals surface area (Å²) < 4.78 is 0. The SMILES string of the molecule is CC1(C)CCC[C@@](O)(C(=O)NCCc2ccccn2)C1. The second-order valence-corrected chi connectivity index (χ2v) is 6.55. The summed E-state index contributed by atoms with van der Waals surface area (Å²) in [6.45, 7) is 4.73. The third-order valence-corrected chi connectivity index (χ3v) is 4.03. The van der Waals surface area contributed by atoms with Gasteiger partial charge in [-0.25, -0.2) is 0 Å². The van der Waals surface area contributed by atoms with Crippen LogP contribution in [-0.4, -0.2) is 28.1 Å². The Hall–Kier alpha value is -1.42. The Kier molecular flexibility index (Phi) is 4.43. The molecule has 0 spiro atoms. The van der Waals surface area contributed by atoms with Gasteiger partial charge in [-0.2, -0.15) is 0 Å². The monoisotopic (exact) mass is 276 g/mol. The summed E-state index contributed by atoms with van der Waals surface area (Å²) in [7, 11) is 0. The lowest BCUT2D eigenvalue weighted by Gasteiger charge is -2.40. The number of hydrogen-bond donors (Lipinski definition) is 2. The molecule has 0 unspecified atom stereocenters. The predicted molar refractivity (Wildman–Crippen MR) is 78.1 cm³/mol. The fraction of sp³-hybridized carbons (Fsp3) is 0.625. The van der Waals surface area contributed by atoms with Gasteiger partial charge in [-0.05, 0) is 43.2 Å². The van der Waals surface area contributed by atoms with Crippen molar-refractivity contribution in [2.24, 2.45) is 5.41 Å². The third-order valence-electron chi connectivity index (χ3n) is 4.03. The number of nitrogens with zero attached hydrogens (tertiary/aromatic N) is 1. The number of aromatic nitrogens is 1. The van der Waals surface area contributed by atoms with Crippen LogP contribution in [0.5, 0.6) is 0 Å². The number of carbonyl (C=O) groups is 1. The van der Waals surface area contributed by atoms with Crippen molar-refractivity contribution in [1.82, 2.24) is 10.3 Å². The van der Waals surface area contributed by atoms with Crippen molar-refractivity contribution in [3.63, 3.8) is 0 Å². The maximum absolute atomic E-state index is 12.2. The zero-order valence-electron chi connectivity index (χ0n) is 12.4. The average Bonchev–Trinajstić information content (AvgIpc) is 2.38. The lowest BCUT2D eigenvalue weighted by atomic mass is 9.69. The summed E-state index contributed by atoms with van der Waals surface area (Å²) in [4.78, 5) is 16.4. The van der Waals surface area contributed by atoms with Gasteiger partial charge in [0.05, 0.1) is 0 Å². The lowest BCUT2D eigenvalue weighted by Crippen LogP contribution is -2.51. The molecule has 4 heteroatoms. The van der Waals surface area contributed by atoms with Gasteiger partial charge in [-0.3, -0.25) is 9.78 Å². The Morgan fingerprint density at radius 1 is 1.40 bits per heavy atom. The number of nitrogens with one attached hydrogen (secondary N) is 1. The molecule has 2 rings (SSSR count). The van der Waals surface area contributed by atoms with E-state index in [0.29, 0.717) is 25.8 Å². The minimum absolute atomic E-state index is 0.0331. The van der Waals surface area contributed by atoms with Gasteiger partial charge in [0.25, 0.3) is 5.91 Å². The molecule has 0 aromatic carbocycles. The van der Waals surface area contributed by atoms with Crippen molar-refractivity contribution in [3.05, 3.63) is 30.1 Å². The number of rotatable bonds is 4. The van der Waals surface area contributed by atoms with Gasteiger partial charge in [0.2, 0.25) is 0 Å². The molecule has 0 bridgehead atoms. The Morgan fingerprint density at radius 3 is 2.85 bits per heavy atom. The van der Waals surface area contributed by atoms with Crippen LogP contribution in [0.3, 0.4) is 0 Å². The maximum Gasteiger partial charge on any atom is 0.251 e. The van der Waals surface area contributed by atoms with Crippen molar-refractivity contribution in [3.8, 4) is 0 Å². The summed E-state index contributed by atoms with van der Waals surface area (Å²) in [5.41, 5.74) is -0.222. The van der Waals surface area contributed by atoms with E-state index in [2.05, 4.69) is 24.1 Å². The van der Waals surface area contributed by atoms with Crippen LogP contribution < -0.4 is 5.32 Å². The number of hydrogen-bond acceptors (Lipinski definition) is 3. The van der Waals surface area contributed by atoms with Crippen molar-refractivity contribution in [1.29, 1.82) is 0 Å². The molecule has 2 N–H and O–H groups in total. The molecule has 1 aliphatic rings. The predicted octanol–water partition coefficient (Wildman–Crippen LogP) is 2.07. The van der Waals surface area contributed by atoms with Gasteiger partial charge >= 0.3 is 0 Å². The zero-order chi connectivity index (χ0) is 14.6. The topological polar surface area (TPSA) is 62.2 Å². The summed E-state index contributed by atoms with van der Waals surface area (Å²) in [6.07, 6.45) is 5.50. The number of pyridine rings is 1. The van der Waals surface area contributed by atoms with Crippen LogP contribution in [0.2, 0.25) is 0 Å². The highest BCUT2D eigenvalue weighted by atomic mass is 16.3. The Morgan fingerprint density at radius 2 is 2.20 bits per heavy atom. The van der Waals surface area contributed by atoms with Crippen molar-refractivity contribution in [2.75, 3.05) is 6.54 Å². The van der Waals surface area contributed by atoms with Crippen LogP contribution in [-0.2, 0) is 11.2 Å². The Balaban J connectivity index is 1.85. The molecule has 0 saturated heterocycles. The van der Waals surface area contributed by atoms with E-state index in [9.17, 15) is 9.90 Å². The lowest BCUT2D eigenvalue weighted by molar-refractivity contribution is -0.147. The van der Waals surface area contributed by atoms with Crippen LogP contribution in [0.4, 0.5) is 0 Å². The maximum atomic E-state index is 12.2. The van der Waals surface area contributed by atoms with Crippen LogP contribution in [0.15, 0.2) is 24.4 Å². The van der Waals surface area contributed by atoms with Crippen molar-refractivity contribution in [2.45, 2.75) is 51.6 Å². The fourth-order valence-corrected chi connectivity index (χ4v) is 3.04. The highest BCUT2D eigenvalue weighted by molar-refractivity contribution is 5.85. The van der Waals surface area contributed by atoms with Crippen LogP contribution in [0, 0.1) is 5.41 Å². The molecular formula is C16H24N2O2. The third kappa shape index (κ3) is 3.79. The van der Waals surface area contributed by atoms with E-state index in [1.54, 1.807) is 6.20 Å². The molecule has 1 aromatic rings. The first-order valence-electron chi connectivity index (χ1n) is 7.32. The van der Waals surface area contributed by atoms with E-state index in [1.165, 1.54) is 0 Å². The molecule has 1 atom stereocenters. The fourth-order valence-electron chi connectivity index (χ4n) is 3.04. The van der Waals surface area contributed by atoms with Crippen molar-refractivity contribution < 1.29 is 9.90 Å². The first-order chi connectivity index (χ1) is 9.41. The van der Waals surface area contributed by atoms with Gasteiger partial charge in [0.1, 0.15) is 5.60 Å². The summed E-state index contributed by atoms with van der Waals surface area (Å²) in [5, 5.41) is 13.4. The van der Waals surface area contributed by atoms with Gasteiger partial charge in [0, 0.05) is 24.9 Å². The smallest absolute Gasteiger partial charge is 0.251 e. The first-order valence-corrected chi connectivity index (χ1v) is 7.32. The molecule has 20 heavy (non-hydrogen) atoms. The molecule has 1 heterocycles. The number of aliphatic hydroxyl groups is 1. The second kappa shape index (κ2) is 5.92. The standard InChI is InChI=1S/C16H24N2O2/c1-15(2)8-5-9-16(20,12-15)14(19)18-11-7-13-6-3-4-10-17-13/h3-4,6,10,20H,5,7-9,11-12H2,1-2H3,(H,18,19)/t16-/m0/s1. The van der Waals surface area contributed by atoms with Gasteiger partial charge in [-0.1, -0.05) is 19.9 Å². The van der Waals surface area contributed by atoms with Crippen LogP contribution >= 0.6 is 0 Å². The van der Waals surface area contributed by atoms with Crippen molar-refractivity contribution >= 4 is 5.91 Å². The second-order valence-electron chi connectivity index (χ2n) is 6.55. The van der Waals surface area contributed by atoms with E-state index in [0.717, 1.165) is 18.5 Å². The van der Waals surface area contributed by atoms with Crippen LogP contribution in [0.1, 0.15) is 45.2 Å². The Bertz CT molecular complexity index is 459. The molecule has 110 valence electrons. The largest absolute Gasteiger partial charge is 0.380 e. The molecular weight excluding hydrogens is 252 g/mol. The first kappa shape index (κ1) is 15.0. The molecule has 1 saturated carbocycles. The summed E-state index contributed by atoms with van der Waals surface area (Å²) in [6, 6.07) is 5.74. The van der Waals surface area contributed by atoms with Gasteiger partial charge in [-0.15, -0.1) is 0 Å². The molecule has 0 radical (unpaired) electrons. The Labute approximate surface area is 120 Å². The van der Waals surface area contributed by atoms with E-state index in [4.69, 9.17) is 0 Å². The highest BCUT2D eigenvalue weighted by Gasteiger charge is 2.43. The molecule has 4 nitrogen and oxygen atoms in total. The van der Waals surface area contributed by atoms with Gasteiger partial charge in [0.15, 0.2) is 0 Å². The molecule has 1 amide bonds. The van der Waals surface area contributed by atoms with Crippen LogP contribution in [0.25, 0.3) is 0 Å². The molecule has 1 aromatic heterocycles. The average molecular weight is 276 g/mol. The number of carbonyl (C=O) groups excluding carboxylic acids is 1.